The first kappa shape index (κ1) is 28.8. The lowest BCUT2D eigenvalue weighted by atomic mass is 9.87. The minimum absolute atomic E-state index is 0. The average Bonchev–Trinajstić information content (AvgIpc) is 3.03. The van der Waals surface area contributed by atoms with Gasteiger partial charge in [0, 0.05) is 44.3 Å². The molecule has 0 radical (unpaired) electrons. The van der Waals surface area contributed by atoms with Gasteiger partial charge in [-0.2, -0.15) is 4.31 Å². The van der Waals surface area contributed by atoms with Crippen molar-refractivity contribution in [1.29, 1.82) is 0 Å². The number of aryl methyl sites for hydroxylation is 1. The van der Waals surface area contributed by atoms with E-state index in [2.05, 4.69) is 10.2 Å². The smallest absolute Gasteiger partial charge is 0.255 e. The summed E-state index contributed by atoms with van der Waals surface area (Å²) in [6.45, 7) is 6.38. The molecule has 0 aromatic heterocycles. The van der Waals surface area contributed by atoms with Crippen LogP contribution in [0.1, 0.15) is 67.8 Å². The highest BCUT2D eigenvalue weighted by Gasteiger charge is 2.40. The van der Waals surface area contributed by atoms with Gasteiger partial charge in [0.1, 0.15) is 11.6 Å². The fourth-order valence-corrected chi connectivity index (χ4v) is 6.81. The Balaban J connectivity index is 0.00000408. The van der Waals surface area contributed by atoms with Crippen molar-refractivity contribution in [2.24, 2.45) is 0 Å². The normalized spacial score (nSPS) is 19.6. The second-order valence-corrected chi connectivity index (χ2v) is 11.4. The Labute approximate surface area is 209 Å². The first-order valence-electron chi connectivity index (χ1n) is 12.1. The topological polar surface area (TPSA) is 79.0 Å². The minimum Gasteiger partial charge on any atom is -0.496 e. The van der Waals surface area contributed by atoms with E-state index in [1.807, 2.05) is 6.92 Å². The van der Waals surface area contributed by atoms with Gasteiger partial charge in [-0.3, -0.25) is 9.69 Å². The van der Waals surface area contributed by atoms with Crippen molar-refractivity contribution in [3.63, 3.8) is 0 Å². The van der Waals surface area contributed by atoms with E-state index in [-0.39, 0.29) is 35.4 Å². The second-order valence-electron chi connectivity index (χ2n) is 9.32. The van der Waals surface area contributed by atoms with E-state index < -0.39 is 15.8 Å². The number of piperazine rings is 1. The molecule has 1 aromatic rings. The summed E-state index contributed by atoms with van der Waals surface area (Å²) in [6.07, 6.45) is 7.07. The third-order valence-electron chi connectivity index (χ3n) is 7.09. The van der Waals surface area contributed by atoms with Gasteiger partial charge in [0.15, 0.2) is 0 Å². The summed E-state index contributed by atoms with van der Waals surface area (Å²) in [5.41, 5.74) is 0.695. The molecule has 194 valence electrons. The molecule has 1 N–H and O–H groups in total. The number of halogens is 2. The first-order chi connectivity index (χ1) is 15.7. The van der Waals surface area contributed by atoms with Crippen molar-refractivity contribution in [3.05, 3.63) is 29.1 Å². The van der Waals surface area contributed by atoms with Gasteiger partial charge in [0.25, 0.3) is 5.91 Å². The molecule has 1 aliphatic heterocycles. The molecule has 1 amide bonds. The molecule has 0 atom stereocenters. The zero-order chi connectivity index (χ0) is 24.1. The molecule has 1 saturated heterocycles. The van der Waals surface area contributed by atoms with Crippen molar-refractivity contribution in [3.8, 4) is 5.75 Å². The summed E-state index contributed by atoms with van der Waals surface area (Å²) >= 11 is 0. The van der Waals surface area contributed by atoms with Gasteiger partial charge >= 0.3 is 0 Å². The Morgan fingerprint density at radius 2 is 1.74 bits per heavy atom. The molecule has 0 bridgehead atoms. The number of sulfonamides is 1. The molecular weight excluding hydrogens is 481 g/mol. The van der Waals surface area contributed by atoms with E-state index in [1.165, 1.54) is 32.1 Å². The Morgan fingerprint density at radius 1 is 1.12 bits per heavy atom. The SMILES string of the molecule is CCCS(=O)(=O)N1CCN(C2(CNC(=O)c3c(C)cc(F)cc3OC)CCCCCC2)CC1.Cl. The lowest BCUT2D eigenvalue weighted by Crippen LogP contribution is -2.61. The van der Waals surface area contributed by atoms with E-state index in [9.17, 15) is 17.6 Å². The van der Waals surface area contributed by atoms with Crippen LogP contribution in [-0.4, -0.2) is 74.7 Å². The average molecular weight is 520 g/mol. The maximum atomic E-state index is 13.8. The fraction of sp³-hybridized carbons (Fsp3) is 0.708. The summed E-state index contributed by atoms with van der Waals surface area (Å²) in [5.74, 6) is -0.281. The summed E-state index contributed by atoms with van der Waals surface area (Å²) < 4.78 is 45.7. The lowest BCUT2D eigenvalue weighted by Gasteiger charge is -2.47. The molecule has 34 heavy (non-hydrogen) atoms. The molecule has 1 heterocycles. The van der Waals surface area contributed by atoms with Crippen LogP contribution in [0.4, 0.5) is 4.39 Å². The van der Waals surface area contributed by atoms with Crippen molar-refractivity contribution in [1.82, 2.24) is 14.5 Å². The standard InChI is InChI=1S/C24H38FN3O4S.ClH/c1-4-15-33(30,31)28-13-11-27(12-14-28)24(9-7-5-6-8-10-24)18-26-23(29)22-19(2)16-20(25)17-21(22)32-3;/h16-17H,4-15,18H2,1-3H3,(H,26,29);1H. The van der Waals surface area contributed by atoms with Gasteiger partial charge in [-0.15, -0.1) is 12.4 Å². The van der Waals surface area contributed by atoms with Gasteiger partial charge in [-0.05, 0) is 37.8 Å². The van der Waals surface area contributed by atoms with E-state index in [0.29, 0.717) is 50.3 Å². The number of hydrogen-bond donors (Lipinski definition) is 1. The van der Waals surface area contributed by atoms with Crippen molar-refractivity contribution < 1.29 is 22.3 Å². The molecule has 1 aromatic carbocycles. The first-order valence-corrected chi connectivity index (χ1v) is 13.7. The van der Waals surface area contributed by atoms with Crippen LogP contribution in [0.2, 0.25) is 0 Å². The van der Waals surface area contributed by atoms with Crippen LogP contribution in [0.25, 0.3) is 0 Å². The van der Waals surface area contributed by atoms with Crippen LogP contribution in [-0.2, 0) is 10.0 Å². The Hall–Kier alpha value is -1.42. The molecule has 1 aliphatic carbocycles. The number of benzene rings is 1. The summed E-state index contributed by atoms with van der Waals surface area (Å²) in [7, 11) is -1.77. The highest BCUT2D eigenvalue weighted by atomic mass is 35.5. The van der Waals surface area contributed by atoms with Gasteiger partial charge in [0.05, 0.1) is 18.4 Å². The highest BCUT2D eigenvalue weighted by Crippen LogP contribution is 2.34. The number of amides is 1. The number of carbonyl (C=O) groups is 1. The molecule has 2 fully saturated rings. The summed E-state index contributed by atoms with van der Waals surface area (Å²) in [4.78, 5) is 15.5. The Morgan fingerprint density at radius 3 is 2.29 bits per heavy atom. The van der Waals surface area contributed by atoms with Crippen molar-refractivity contribution in [2.45, 2.75) is 64.3 Å². The van der Waals surface area contributed by atoms with E-state index in [4.69, 9.17) is 4.74 Å². The minimum atomic E-state index is -3.20. The summed E-state index contributed by atoms with van der Waals surface area (Å²) in [6, 6.07) is 2.58. The Bertz CT molecular complexity index is 928. The second kappa shape index (κ2) is 12.5. The zero-order valence-corrected chi connectivity index (χ0v) is 22.2. The molecule has 2 aliphatic rings. The third-order valence-corrected chi connectivity index (χ3v) is 9.16. The van der Waals surface area contributed by atoms with Gasteiger partial charge in [0.2, 0.25) is 10.0 Å². The lowest BCUT2D eigenvalue weighted by molar-refractivity contribution is 0.0391. The van der Waals surface area contributed by atoms with Gasteiger partial charge in [-0.1, -0.05) is 32.6 Å². The predicted octanol–water partition coefficient (Wildman–Crippen LogP) is 3.74. The maximum Gasteiger partial charge on any atom is 0.255 e. The number of rotatable bonds is 8. The summed E-state index contributed by atoms with van der Waals surface area (Å²) in [5, 5.41) is 3.12. The van der Waals surface area contributed by atoms with Crippen molar-refractivity contribution in [2.75, 3.05) is 45.6 Å². The molecule has 0 spiro atoms. The van der Waals surface area contributed by atoms with Gasteiger partial charge in [-0.25, -0.2) is 12.8 Å². The number of ether oxygens (including phenoxy) is 1. The van der Waals surface area contributed by atoms with Crippen LogP contribution >= 0.6 is 12.4 Å². The Kier molecular flexibility index (Phi) is 10.6. The molecule has 10 heteroatoms. The van der Waals surface area contributed by atoms with Crippen LogP contribution in [0.5, 0.6) is 5.75 Å². The van der Waals surface area contributed by atoms with Crippen LogP contribution in [0.15, 0.2) is 12.1 Å². The van der Waals surface area contributed by atoms with Crippen LogP contribution in [0, 0.1) is 12.7 Å². The maximum absolute atomic E-state index is 13.8. The van der Waals surface area contributed by atoms with Crippen LogP contribution in [0.3, 0.4) is 0 Å². The molecule has 3 rings (SSSR count). The molecular formula is C24H39ClFN3O4S. The predicted molar refractivity (Wildman–Crippen MR) is 135 cm³/mol. The number of methoxy groups -OCH3 is 1. The number of hydrogen-bond acceptors (Lipinski definition) is 5. The monoisotopic (exact) mass is 519 g/mol. The van der Waals surface area contributed by atoms with E-state index in [0.717, 1.165) is 25.7 Å². The van der Waals surface area contributed by atoms with Crippen LogP contribution < -0.4 is 10.1 Å². The molecule has 0 unspecified atom stereocenters. The fourth-order valence-electron chi connectivity index (χ4n) is 5.32. The molecule has 1 saturated carbocycles. The number of nitrogens with zero attached hydrogens (tertiary/aromatic N) is 2. The number of carbonyl (C=O) groups excluding carboxylic acids is 1. The molecule has 7 nitrogen and oxygen atoms in total. The van der Waals surface area contributed by atoms with E-state index in [1.54, 1.807) is 11.2 Å². The highest BCUT2D eigenvalue weighted by molar-refractivity contribution is 7.89. The zero-order valence-electron chi connectivity index (χ0n) is 20.6. The van der Waals surface area contributed by atoms with E-state index >= 15 is 0 Å². The van der Waals surface area contributed by atoms with Crippen molar-refractivity contribution >= 4 is 28.3 Å². The van der Waals surface area contributed by atoms with Gasteiger partial charge < -0.3 is 10.1 Å². The number of nitrogens with one attached hydrogen (secondary N) is 1. The largest absolute Gasteiger partial charge is 0.496 e. The third kappa shape index (κ3) is 6.62. The quantitative estimate of drug-likeness (QED) is 0.529.